The Morgan fingerprint density at radius 3 is 2.69 bits per heavy atom. The standard InChI is InChI=1S/C22H28N2OS/c25-22(8-4-7-18-5-2-1-3-6-18)23-13-9-20(10-14-23)24-15-11-21-19(17-24)12-16-26-21/h1-3,5-6,12,16,20H,4,7-11,13-15,17H2. The van der Waals surface area contributed by atoms with Crippen LogP contribution in [0.15, 0.2) is 41.8 Å². The third kappa shape index (κ3) is 4.18. The Morgan fingerprint density at radius 1 is 1.08 bits per heavy atom. The van der Waals surface area contributed by atoms with Gasteiger partial charge >= 0.3 is 0 Å². The molecule has 0 aliphatic carbocycles. The van der Waals surface area contributed by atoms with Gasteiger partial charge in [-0.2, -0.15) is 0 Å². The summed E-state index contributed by atoms with van der Waals surface area (Å²) in [5.41, 5.74) is 2.86. The summed E-state index contributed by atoms with van der Waals surface area (Å²) in [6.07, 6.45) is 6.09. The summed E-state index contributed by atoms with van der Waals surface area (Å²) < 4.78 is 0. The number of hydrogen-bond donors (Lipinski definition) is 0. The van der Waals surface area contributed by atoms with Gasteiger partial charge in [-0.1, -0.05) is 30.3 Å². The molecule has 3 nitrogen and oxygen atoms in total. The van der Waals surface area contributed by atoms with E-state index in [4.69, 9.17) is 0 Å². The fourth-order valence-corrected chi connectivity index (χ4v) is 5.20. The Morgan fingerprint density at radius 2 is 1.88 bits per heavy atom. The summed E-state index contributed by atoms with van der Waals surface area (Å²) in [5.74, 6) is 0.346. The van der Waals surface area contributed by atoms with Gasteiger partial charge < -0.3 is 4.90 Å². The topological polar surface area (TPSA) is 23.6 Å². The summed E-state index contributed by atoms with van der Waals surface area (Å²) >= 11 is 1.90. The van der Waals surface area contributed by atoms with Crippen molar-refractivity contribution in [3.05, 3.63) is 57.8 Å². The molecule has 138 valence electrons. The summed E-state index contributed by atoms with van der Waals surface area (Å²) in [7, 11) is 0. The molecule has 1 amide bonds. The maximum absolute atomic E-state index is 12.5. The second-order valence-electron chi connectivity index (χ2n) is 7.54. The summed E-state index contributed by atoms with van der Waals surface area (Å²) in [5, 5.41) is 2.23. The Bertz CT molecular complexity index is 719. The van der Waals surface area contributed by atoms with Crippen molar-refractivity contribution in [1.82, 2.24) is 9.80 Å². The lowest BCUT2D eigenvalue weighted by molar-refractivity contribution is -0.132. The number of hydrogen-bond acceptors (Lipinski definition) is 3. The van der Waals surface area contributed by atoms with Crippen LogP contribution < -0.4 is 0 Å². The van der Waals surface area contributed by atoms with E-state index in [2.05, 4.69) is 45.5 Å². The second kappa shape index (κ2) is 8.36. The lowest BCUT2D eigenvalue weighted by Gasteiger charge is -2.40. The quantitative estimate of drug-likeness (QED) is 0.793. The Labute approximate surface area is 160 Å². The molecule has 1 saturated heterocycles. The van der Waals surface area contributed by atoms with Crippen molar-refractivity contribution < 1.29 is 4.79 Å². The minimum Gasteiger partial charge on any atom is -0.343 e. The van der Waals surface area contributed by atoms with Crippen LogP contribution in [0.5, 0.6) is 0 Å². The molecule has 0 unspecified atom stereocenters. The molecule has 2 aromatic rings. The van der Waals surface area contributed by atoms with E-state index < -0.39 is 0 Å². The van der Waals surface area contributed by atoms with Crippen LogP contribution in [-0.2, 0) is 24.2 Å². The van der Waals surface area contributed by atoms with Crippen molar-refractivity contribution >= 4 is 17.2 Å². The number of rotatable bonds is 5. The number of likely N-dealkylation sites (tertiary alicyclic amines) is 1. The third-order valence-corrected chi connectivity index (χ3v) is 6.89. The minimum atomic E-state index is 0.346. The monoisotopic (exact) mass is 368 g/mol. The molecule has 0 bridgehead atoms. The molecule has 26 heavy (non-hydrogen) atoms. The number of amides is 1. The van der Waals surface area contributed by atoms with E-state index >= 15 is 0 Å². The normalized spacial score (nSPS) is 18.7. The molecule has 0 N–H and O–H groups in total. The Kier molecular flexibility index (Phi) is 5.71. The van der Waals surface area contributed by atoms with Crippen molar-refractivity contribution in [2.24, 2.45) is 0 Å². The molecule has 0 spiro atoms. The number of fused-ring (bicyclic) bond motifs is 1. The van der Waals surface area contributed by atoms with Gasteiger partial charge in [0.1, 0.15) is 0 Å². The van der Waals surface area contributed by atoms with E-state index in [9.17, 15) is 4.79 Å². The number of nitrogens with zero attached hydrogens (tertiary/aromatic N) is 2. The predicted octanol–water partition coefficient (Wildman–Crippen LogP) is 4.12. The molecule has 1 fully saturated rings. The van der Waals surface area contributed by atoms with Crippen molar-refractivity contribution in [3.63, 3.8) is 0 Å². The van der Waals surface area contributed by atoms with E-state index in [-0.39, 0.29) is 0 Å². The first kappa shape index (κ1) is 17.7. The highest BCUT2D eigenvalue weighted by Gasteiger charge is 2.29. The van der Waals surface area contributed by atoms with E-state index in [1.54, 1.807) is 4.88 Å². The van der Waals surface area contributed by atoms with Gasteiger partial charge in [0.15, 0.2) is 0 Å². The number of carbonyl (C=O) groups excluding carboxylic acids is 1. The highest BCUT2D eigenvalue weighted by Crippen LogP contribution is 2.28. The molecule has 1 aromatic carbocycles. The van der Waals surface area contributed by atoms with E-state index in [0.717, 1.165) is 45.3 Å². The van der Waals surface area contributed by atoms with Crippen LogP contribution in [0, 0.1) is 0 Å². The minimum absolute atomic E-state index is 0.346. The molecule has 2 aliphatic rings. The first-order valence-electron chi connectivity index (χ1n) is 9.90. The van der Waals surface area contributed by atoms with Crippen molar-refractivity contribution in [3.8, 4) is 0 Å². The van der Waals surface area contributed by atoms with Gasteiger partial charge in [0.25, 0.3) is 0 Å². The highest BCUT2D eigenvalue weighted by molar-refractivity contribution is 7.10. The van der Waals surface area contributed by atoms with Crippen LogP contribution in [0.1, 0.15) is 41.7 Å². The van der Waals surface area contributed by atoms with Crippen LogP contribution in [0.2, 0.25) is 0 Å². The van der Waals surface area contributed by atoms with Crippen molar-refractivity contribution in [2.45, 2.75) is 51.1 Å². The van der Waals surface area contributed by atoms with Gasteiger partial charge in [-0.3, -0.25) is 9.69 Å². The van der Waals surface area contributed by atoms with Crippen molar-refractivity contribution in [1.29, 1.82) is 0 Å². The smallest absolute Gasteiger partial charge is 0.222 e. The van der Waals surface area contributed by atoms with E-state index in [0.29, 0.717) is 18.4 Å². The van der Waals surface area contributed by atoms with E-state index in [1.165, 1.54) is 24.1 Å². The maximum Gasteiger partial charge on any atom is 0.222 e. The Balaban J connectivity index is 1.20. The first-order valence-corrected chi connectivity index (χ1v) is 10.8. The van der Waals surface area contributed by atoms with Crippen LogP contribution in [-0.4, -0.2) is 41.4 Å². The molecule has 4 rings (SSSR count). The lowest BCUT2D eigenvalue weighted by Crippen LogP contribution is -2.47. The number of piperidine rings is 1. The Hall–Kier alpha value is -1.65. The molecule has 0 atom stereocenters. The maximum atomic E-state index is 12.5. The largest absolute Gasteiger partial charge is 0.343 e. The molecular formula is C22H28N2OS. The molecule has 0 radical (unpaired) electrons. The van der Waals surface area contributed by atoms with E-state index in [1.807, 2.05) is 17.4 Å². The van der Waals surface area contributed by atoms with Gasteiger partial charge in [0.05, 0.1) is 0 Å². The average Bonchev–Trinajstić information content (AvgIpc) is 3.17. The van der Waals surface area contributed by atoms with Gasteiger partial charge in [0.2, 0.25) is 5.91 Å². The van der Waals surface area contributed by atoms with Crippen LogP contribution in [0.3, 0.4) is 0 Å². The second-order valence-corrected chi connectivity index (χ2v) is 8.54. The van der Waals surface area contributed by atoms with Crippen LogP contribution >= 0.6 is 11.3 Å². The fourth-order valence-electron chi connectivity index (χ4n) is 4.31. The molecule has 3 heterocycles. The number of thiophene rings is 1. The summed E-state index contributed by atoms with van der Waals surface area (Å²) in [4.78, 5) is 18.8. The molecular weight excluding hydrogens is 340 g/mol. The fraction of sp³-hybridized carbons (Fsp3) is 0.500. The van der Waals surface area contributed by atoms with Crippen LogP contribution in [0.25, 0.3) is 0 Å². The zero-order chi connectivity index (χ0) is 17.8. The molecule has 4 heteroatoms. The molecule has 2 aliphatic heterocycles. The molecule has 1 aromatic heterocycles. The molecule has 0 saturated carbocycles. The number of aryl methyl sites for hydroxylation is 1. The van der Waals surface area contributed by atoms with Gasteiger partial charge in [-0.15, -0.1) is 11.3 Å². The summed E-state index contributed by atoms with van der Waals surface area (Å²) in [6.45, 7) is 4.15. The third-order valence-electron chi connectivity index (χ3n) is 5.87. The average molecular weight is 369 g/mol. The number of carbonyl (C=O) groups is 1. The first-order chi connectivity index (χ1) is 12.8. The highest BCUT2D eigenvalue weighted by atomic mass is 32.1. The van der Waals surface area contributed by atoms with Gasteiger partial charge in [0, 0.05) is 43.5 Å². The zero-order valence-corrected chi connectivity index (χ0v) is 16.2. The van der Waals surface area contributed by atoms with Gasteiger partial charge in [-0.25, -0.2) is 0 Å². The number of benzene rings is 1. The summed E-state index contributed by atoms with van der Waals surface area (Å²) in [6, 6.07) is 13.4. The van der Waals surface area contributed by atoms with Gasteiger partial charge in [-0.05, 0) is 54.7 Å². The van der Waals surface area contributed by atoms with Crippen LogP contribution in [0.4, 0.5) is 0 Å². The SMILES string of the molecule is O=C(CCCc1ccccc1)N1CCC(N2CCc3sccc3C2)CC1. The lowest BCUT2D eigenvalue weighted by atomic mass is 9.99. The zero-order valence-electron chi connectivity index (χ0n) is 15.4. The van der Waals surface area contributed by atoms with Crippen molar-refractivity contribution in [2.75, 3.05) is 19.6 Å². The predicted molar refractivity (Wildman–Crippen MR) is 107 cm³/mol.